The smallest absolute Gasteiger partial charge is 0.306 e. The Kier molecular flexibility index (Phi) is 4.38. The molecule has 2 rings (SSSR count). The summed E-state index contributed by atoms with van der Waals surface area (Å²) in [5.74, 6) is 0.706. The molecule has 0 N–H and O–H groups in total. The molecule has 1 fully saturated rings. The van der Waals surface area contributed by atoms with Gasteiger partial charge in [0.2, 0.25) is 0 Å². The topological polar surface area (TPSA) is 50.1 Å². The minimum absolute atomic E-state index is 0.0784. The number of benzene rings is 1. The molecule has 1 aromatic rings. The van der Waals surface area contributed by atoms with Gasteiger partial charge in [0.25, 0.3) is 0 Å². The van der Waals surface area contributed by atoms with E-state index in [0.29, 0.717) is 17.0 Å². The molecule has 1 saturated carbocycles. The Morgan fingerprint density at radius 1 is 1.58 bits per heavy atom. The van der Waals surface area contributed by atoms with Crippen molar-refractivity contribution in [1.29, 1.82) is 5.26 Å². The maximum atomic E-state index is 11.3. The number of esters is 1. The maximum Gasteiger partial charge on any atom is 0.306 e. The summed E-state index contributed by atoms with van der Waals surface area (Å²) in [6, 6.07) is 7.35. The van der Waals surface area contributed by atoms with Crippen LogP contribution in [0.3, 0.4) is 0 Å². The van der Waals surface area contributed by atoms with Gasteiger partial charge in [0.1, 0.15) is 0 Å². The Bertz CT molecular complexity index is 535. The number of carbonyl (C=O) groups excluding carboxylic acids is 1. The monoisotopic (exact) mass is 295 g/mol. The van der Waals surface area contributed by atoms with Crippen LogP contribution < -0.4 is 0 Å². The van der Waals surface area contributed by atoms with Crippen LogP contribution in [-0.4, -0.2) is 18.8 Å². The molecule has 0 heterocycles. The van der Waals surface area contributed by atoms with Crippen LogP contribution in [0.5, 0.6) is 0 Å². The van der Waals surface area contributed by atoms with Crippen molar-refractivity contribution in [3.63, 3.8) is 0 Å². The molecule has 0 unspecified atom stereocenters. The third kappa shape index (κ3) is 3.65. The average Bonchev–Trinajstić information content (AvgIpc) is 3.17. The van der Waals surface area contributed by atoms with E-state index in [1.165, 1.54) is 7.11 Å². The van der Waals surface area contributed by atoms with Crippen molar-refractivity contribution < 1.29 is 9.53 Å². The van der Waals surface area contributed by atoms with Gasteiger partial charge in [-0.3, -0.25) is 4.79 Å². The predicted octanol–water partition coefficient (Wildman–Crippen LogP) is 3.65. The van der Waals surface area contributed by atoms with Gasteiger partial charge in [-0.05, 0) is 36.5 Å². The van der Waals surface area contributed by atoms with E-state index in [4.69, 9.17) is 21.6 Å². The van der Waals surface area contributed by atoms with Crippen molar-refractivity contribution in [2.45, 2.75) is 24.2 Å². The van der Waals surface area contributed by atoms with Crippen molar-refractivity contribution in [2.75, 3.05) is 12.9 Å². The van der Waals surface area contributed by atoms with Crippen LogP contribution in [-0.2, 0) is 9.53 Å². The molecule has 1 aromatic carbocycles. The van der Waals surface area contributed by atoms with Crippen LogP contribution in [0.25, 0.3) is 0 Å². The third-order valence-electron chi connectivity index (χ3n) is 3.30. The quantitative estimate of drug-likeness (QED) is 0.614. The van der Waals surface area contributed by atoms with Crippen molar-refractivity contribution in [2.24, 2.45) is 5.41 Å². The first-order valence-corrected chi connectivity index (χ1v) is 7.34. The zero-order valence-electron chi connectivity index (χ0n) is 10.6. The fourth-order valence-corrected chi connectivity index (χ4v) is 3.40. The molecule has 0 saturated heterocycles. The number of halogens is 1. The first-order valence-electron chi connectivity index (χ1n) is 5.98. The number of nitriles is 1. The van der Waals surface area contributed by atoms with Gasteiger partial charge in [0.15, 0.2) is 0 Å². The molecule has 0 amide bonds. The van der Waals surface area contributed by atoms with Crippen LogP contribution >= 0.6 is 23.4 Å². The molecule has 5 heteroatoms. The second-order valence-corrected chi connectivity index (χ2v) is 6.22. The summed E-state index contributed by atoms with van der Waals surface area (Å²) in [5.41, 5.74) is 0.639. The standard InChI is InChI=1S/C14H14ClNO2S/c1-18-13(17)7-14(4-5-14)9-19-12-3-2-10(8-16)6-11(12)15/h2-3,6H,4-5,7,9H2,1H3. The van der Waals surface area contributed by atoms with Crippen LogP contribution in [0.15, 0.2) is 23.1 Å². The SMILES string of the molecule is COC(=O)CC1(CSc2ccc(C#N)cc2Cl)CC1. The number of hydrogen-bond donors (Lipinski definition) is 0. The van der Waals surface area contributed by atoms with E-state index in [1.807, 2.05) is 6.07 Å². The Balaban J connectivity index is 1.96. The molecule has 0 atom stereocenters. The number of methoxy groups -OCH3 is 1. The van der Waals surface area contributed by atoms with E-state index >= 15 is 0 Å². The normalized spacial score (nSPS) is 15.6. The molecular weight excluding hydrogens is 282 g/mol. The maximum absolute atomic E-state index is 11.3. The Hall–Kier alpha value is -1.18. The van der Waals surface area contributed by atoms with Gasteiger partial charge in [-0.25, -0.2) is 0 Å². The number of hydrogen-bond acceptors (Lipinski definition) is 4. The summed E-state index contributed by atoms with van der Waals surface area (Å²) in [6.07, 6.45) is 2.59. The minimum atomic E-state index is -0.149. The minimum Gasteiger partial charge on any atom is -0.469 e. The number of rotatable bonds is 5. The number of carbonyl (C=O) groups is 1. The molecule has 0 spiro atoms. The number of nitrogens with zero attached hydrogens (tertiary/aromatic N) is 1. The highest BCUT2D eigenvalue weighted by Gasteiger charge is 2.44. The van der Waals surface area contributed by atoms with Crippen molar-refractivity contribution in [1.82, 2.24) is 0 Å². The summed E-state index contributed by atoms with van der Waals surface area (Å²) >= 11 is 7.77. The Morgan fingerprint density at radius 3 is 2.84 bits per heavy atom. The van der Waals surface area contributed by atoms with Gasteiger partial charge in [0, 0.05) is 10.6 Å². The highest BCUT2D eigenvalue weighted by molar-refractivity contribution is 7.99. The van der Waals surface area contributed by atoms with E-state index in [9.17, 15) is 4.79 Å². The van der Waals surface area contributed by atoms with Crippen LogP contribution in [0.1, 0.15) is 24.8 Å². The zero-order chi connectivity index (χ0) is 13.9. The average molecular weight is 296 g/mol. The molecule has 1 aliphatic carbocycles. The Morgan fingerprint density at radius 2 is 2.32 bits per heavy atom. The van der Waals surface area contributed by atoms with Gasteiger partial charge in [-0.2, -0.15) is 5.26 Å². The van der Waals surface area contributed by atoms with E-state index in [-0.39, 0.29) is 11.4 Å². The molecule has 19 heavy (non-hydrogen) atoms. The van der Waals surface area contributed by atoms with Crippen LogP contribution in [0, 0.1) is 16.7 Å². The summed E-state index contributed by atoms with van der Waals surface area (Å²) in [7, 11) is 1.42. The second-order valence-electron chi connectivity index (χ2n) is 4.80. The molecule has 0 aromatic heterocycles. The summed E-state index contributed by atoms with van der Waals surface area (Å²) in [6.45, 7) is 0. The highest BCUT2D eigenvalue weighted by atomic mass is 35.5. The fourth-order valence-electron chi connectivity index (χ4n) is 1.85. The second kappa shape index (κ2) is 5.85. The first kappa shape index (κ1) is 14.2. The first-order chi connectivity index (χ1) is 9.08. The predicted molar refractivity (Wildman–Crippen MR) is 75.2 cm³/mol. The van der Waals surface area contributed by atoms with Gasteiger partial charge in [0.05, 0.1) is 30.2 Å². The van der Waals surface area contributed by atoms with Crippen molar-refractivity contribution in [3.05, 3.63) is 28.8 Å². The van der Waals surface area contributed by atoms with Gasteiger partial charge in [-0.15, -0.1) is 11.8 Å². The zero-order valence-corrected chi connectivity index (χ0v) is 12.2. The summed E-state index contributed by atoms with van der Waals surface area (Å²) < 4.78 is 4.72. The summed E-state index contributed by atoms with van der Waals surface area (Å²) in [5, 5.41) is 9.38. The lowest BCUT2D eigenvalue weighted by Crippen LogP contribution is -2.12. The Labute approximate surface area is 121 Å². The lowest BCUT2D eigenvalue weighted by molar-refractivity contribution is -0.141. The molecule has 0 aliphatic heterocycles. The van der Waals surface area contributed by atoms with Crippen molar-refractivity contribution in [3.8, 4) is 6.07 Å². The molecule has 0 radical (unpaired) electrons. The molecule has 1 aliphatic rings. The largest absolute Gasteiger partial charge is 0.469 e. The van der Waals surface area contributed by atoms with E-state index in [0.717, 1.165) is 23.5 Å². The van der Waals surface area contributed by atoms with E-state index in [1.54, 1.807) is 23.9 Å². The van der Waals surface area contributed by atoms with Gasteiger partial charge >= 0.3 is 5.97 Å². The lowest BCUT2D eigenvalue weighted by atomic mass is 10.1. The molecule has 100 valence electrons. The third-order valence-corrected chi connectivity index (χ3v) is 5.15. The lowest BCUT2D eigenvalue weighted by Gasteiger charge is -2.13. The molecular formula is C14H14ClNO2S. The summed E-state index contributed by atoms with van der Waals surface area (Å²) in [4.78, 5) is 12.3. The highest BCUT2D eigenvalue weighted by Crippen LogP contribution is 2.52. The van der Waals surface area contributed by atoms with E-state index < -0.39 is 0 Å². The number of thioether (sulfide) groups is 1. The fraction of sp³-hybridized carbons (Fsp3) is 0.429. The van der Waals surface area contributed by atoms with Gasteiger partial charge < -0.3 is 4.74 Å². The van der Waals surface area contributed by atoms with Crippen LogP contribution in [0.2, 0.25) is 5.02 Å². The molecule has 3 nitrogen and oxygen atoms in total. The number of ether oxygens (including phenoxy) is 1. The van der Waals surface area contributed by atoms with Crippen molar-refractivity contribution >= 4 is 29.3 Å². The van der Waals surface area contributed by atoms with Gasteiger partial charge in [-0.1, -0.05) is 11.6 Å². The van der Waals surface area contributed by atoms with Crippen LogP contribution in [0.4, 0.5) is 0 Å². The molecule has 0 bridgehead atoms. The van der Waals surface area contributed by atoms with E-state index in [2.05, 4.69) is 6.07 Å².